The molecule has 1 amide bonds. The topological polar surface area (TPSA) is 71.3 Å². The summed E-state index contributed by atoms with van der Waals surface area (Å²) in [6.45, 7) is 0.623. The monoisotopic (exact) mass is 383 g/mol. The summed E-state index contributed by atoms with van der Waals surface area (Å²) in [4.78, 5) is 17.3. The van der Waals surface area contributed by atoms with Crippen molar-refractivity contribution in [2.75, 3.05) is 5.32 Å². The van der Waals surface area contributed by atoms with E-state index >= 15 is 0 Å². The van der Waals surface area contributed by atoms with Crippen LogP contribution in [0.5, 0.6) is 0 Å². The van der Waals surface area contributed by atoms with Crippen molar-refractivity contribution in [1.82, 2.24) is 19.9 Å². The number of carbonyl (C=O) groups is 1. The second-order valence-electron chi connectivity index (χ2n) is 6.93. The molecule has 7 heteroatoms. The summed E-state index contributed by atoms with van der Waals surface area (Å²) in [5.74, 6) is 0.601. The third-order valence-corrected chi connectivity index (χ3v) is 5.19. The maximum absolute atomic E-state index is 12.7. The largest absolute Gasteiger partial charge is 0.366 e. The molecule has 0 unspecified atom stereocenters. The molecule has 0 saturated heterocycles. The molecule has 0 spiro atoms. The normalized spacial score (nSPS) is 15.0. The van der Waals surface area contributed by atoms with Crippen LogP contribution in [0.1, 0.15) is 48.0 Å². The molecule has 1 saturated carbocycles. The standard InChI is InChI=1S/C20H22ClN5O/c21-15-8-6-14(7-9-15)12-22-18-10-11-26-19(25-18)17(13-23-26)20(27)24-16-4-2-1-3-5-16/h6-11,13,16H,1-5,12H2,(H,22,25)(H,24,27). The number of amides is 1. The van der Waals surface area contributed by atoms with Gasteiger partial charge in [-0.05, 0) is 36.6 Å². The number of nitrogens with zero attached hydrogens (tertiary/aromatic N) is 3. The molecule has 2 aromatic heterocycles. The van der Waals surface area contributed by atoms with Crippen LogP contribution in [0.2, 0.25) is 5.02 Å². The maximum atomic E-state index is 12.7. The zero-order valence-electron chi connectivity index (χ0n) is 15.0. The Balaban J connectivity index is 1.48. The minimum atomic E-state index is -0.0979. The van der Waals surface area contributed by atoms with E-state index in [0.29, 0.717) is 28.6 Å². The summed E-state index contributed by atoms with van der Waals surface area (Å²) in [7, 11) is 0. The Bertz CT molecular complexity index is 931. The summed E-state index contributed by atoms with van der Waals surface area (Å²) in [6, 6.07) is 9.76. The number of aromatic nitrogens is 3. The van der Waals surface area contributed by atoms with Gasteiger partial charge in [-0.2, -0.15) is 5.10 Å². The van der Waals surface area contributed by atoms with Crippen LogP contribution in [0.15, 0.2) is 42.7 Å². The van der Waals surface area contributed by atoms with E-state index in [2.05, 4.69) is 20.7 Å². The lowest BCUT2D eigenvalue weighted by Crippen LogP contribution is -2.36. The van der Waals surface area contributed by atoms with E-state index in [1.165, 1.54) is 19.3 Å². The fourth-order valence-electron chi connectivity index (χ4n) is 3.43. The molecule has 140 valence electrons. The van der Waals surface area contributed by atoms with Gasteiger partial charge in [-0.1, -0.05) is 43.0 Å². The highest BCUT2D eigenvalue weighted by atomic mass is 35.5. The van der Waals surface area contributed by atoms with Crippen molar-refractivity contribution in [3.63, 3.8) is 0 Å². The Hall–Kier alpha value is -2.60. The number of hydrogen-bond donors (Lipinski definition) is 2. The van der Waals surface area contributed by atoms with Crippen LogP contribution < -0.4 is 10.6 Å². The smallest absolute Gasteiger partial charge is 0.256 e. The van der Waals surface area contributed by atoms with Crippen molar-refractivity contribution in [2.45, 2.75) is 44.7 Å². The molecule has 2 N–H and O–H groups in total. The molecular formula is C20H22ClN5O. The Labute approximate surface area is 162 Å². The molecule has 1 fully saturated rings. The van der Waals surface area contributed by atoms with Gasteiger partial charge in [0.05, 0.1) is 6.20 Å². The van der Waals surface area contributed by atoms with Gasteiger partial charge in [-0.15, -0.1) is 0 Å². The number of rotatable bonds is 5. The zero-order valence-corrected chi connectivity index (χ0v) is 15.7. The molecule has 1 aliphatic carbocycles. The van der Waals surface area contributed by atoms with Crippen molar-refractivity contribution in [2.24, 2.45) is 0 Å². The van der Waals surface area contributed by atoms with Gasteiger partial charge >= 0.3 is 0 Å². The van der Waals surface area contributed by atoms with Crippen LogP contribution in [0.4, 0.5) is 5.82 Å². The Morgan fingerprint density at radius 3 is 2.70 bits per heavy atom. The van der Waals surface area contributed by atoms with E-state index in [9.17, 15) is 4.79 Å². The average molecular weight is 384 g/mol. The van der Waals surface area contributed by atoms with Crippen LogP contribution >= 0.6 is 11.6 Å². The molecule has 1 aliphatic rings. The summed E-state index contributed by atoms with van der Waals surface area (Å²) < 4.78 is 1.63. The van der Waals surface area contributed by atoms with Crippen LogP contribution in [0, 0.1) is 0 Å². The number of nitrogens with one attached hydrogen (secondary N) is 2. The van der Waals surface area contributed by atoms with Gasteiger partial charge in [0, 0.05) is 23.8 Å². The second-order valence-corrected chi connectivity index (χ2v) is 7.36. The number of benzene rings is 1. The maximum Gasteiger partial charge on any atom is 0.256 e. The van der Waals surface area contributed by atoms with Crippen molar-refractivity contribution in [3.05, 3.63) is 58.9 Å². The number of anilines is 1. The van der Waals surface area contributed by atoms with Gasteiger partial charge in [-0.3, -0.25) is 4.79 Å². The van der Waals surface area contributed by atoms with E-state index in [1.54, 1.807) is 10.7 Å². The lowest BCUT2D eigenvalue weighted by atomic mass is 9.95. The summed E-state index contributed by atoms with van der Waals surface area (Å²) >= 11 is 5.92. The molecule has 4 rings (SSSR count). The summed E-state index contributed by atoms with van der Waals surface area (Å²) in [5.41, 5.74) is 2.17. The predicted molar refractivity (Wildman–Crippen MR) is 106 cm³/mol. The lowest BCUT2D eigenvalue weighted by molar-refractivity contribution is 0.0929. The van der Waals surface area contributed by atoms with E-state index in [4.69, 9.17) is 11.6 Å². The van der Waals surface area contributed by atoms with E-state index in [1.807, 2.05) is 36.5 Å². The van der Waals surface area contributed by atoms with Crippen molar-refractivity contribution in [1.29, 1.82) is 0 Å². The molecule has 0 atom stereocenters. The third kappa shape index (κ3) is 4.22. The van der Waals surface area contributed by atoms with Crippen molar-refractivity contribution in [3.8, 4) is 0 Å². The van der Waals surface area contributed by atoms with Crippen LogP contribution in [0.25, 0.3) is 5.65 Å². The summed E-state index contributed by atoms with van der Waals surface area (Å²) in [6.07, 6.45) is 9.10. The highest BCUT2D eigenvalue weighted by Crippen LogP contribution is 2.19. The number of hydrogen-bond acceptors (Lipinski definition) is 4. The number of fused-ring (bicyclic) bond motifs is 1. The minimum absolute atomic E-state index is 0.0979. The first kappa shape index (κ1) is 17.8. The molecule has 6 nitrogen and oxygen atoms in total. The fraction of sp³-hybridized carbons (Fsp3) is 0.350. The van der Waals surface area contributed by atoms with Crippen molar-refractivity contribution >= 4 is 29.0 Å². The molecule has 0 bridgehead atoms. The molecule has 1 aromatic carbocycles. The van der Waals surface area contributed by atoms with Crippen LogP contribution in [0.3, 0.4) is 0 Å². The highest BCUT2D eigenvalue weighted by molar-refractivity contribution is 6.30. The molecule has 27 heavy (non-hydrogen) atoms. The van der Waals surface area contributed by atoms with Gasteiger partial charge < -0.3 is 10.6 Å². The van der Waals surface area contributed by atoms with E-state index in [0.717, 1.165) is 18.4 Å². The van der Waals surface area contributed by atoms with Gasteiger partial charge in [-0.25, -0.2) is 9.50 Å². The first-order valence-electron chi connectivity index (χ1n) is 9.32. The SMILES string of the molecule is O=C(NC1CCCCC1)c1cnn2ccc(NCc3ccc(Cl)cc3)nc12. The second kappa shape index (κ2) is 7.96. The quantitative estimate of drug-likeness (QED) is 0.697. The van der Waals surface area contributed by atoms with Gasteiger partial charge in [0.15, 0.2) is 5.65 Å². The Morgan fingerprint density at radius 2 is 1.93 bits per heavy atom. The number of halogens is 1. The Kier molecular flexibility index (Phi) is 5.25. The van der Waals surface area contributed by atoms with Crippen LogP contribution in [-0.2, 0) is 6.54 Å². The average Bonchev–Trinajstić information content (AvgIpc) is 3.12. The first-order chi connectivity index (χ1) is 13.2. The molecule has 0 aliphatic heterocycles. The highest BCUT2D eigenvalue weighted by Gasteiger charge is 2.20. The first-order valence-corrected chi connectivity index (χ1v) is 9.70. The summed E-state index contributed by atoms with van der Waals surface area (Å²) in [5, 5.41) is 11.4. The number of carbonyl (C=O) groups excluding carboxylic acids is 1. The predicted octanol–water partition coefficient (Wildman–Crippen LogP) is 4.06. The van der Waals surface area contributed by atoms with Crippen molar-refractivity contribution < 1.29 is 4.79 Å². The van der Waals surface area contributed by atoms with E-state index in [-0.39, 0.29) is 11.9 Å². The van der Waals surface area contributed by atoms with Crippen LogP contribution in [-0.4, -0.2) is 26.5 Å². The fourth-order valence-corrected chi connectivity index (χ4v) is 3.56. The molecule has 0 radical (unpaired) electrons. The van der Waals surface area contributed by atoms with Gasteiger partial charge in [0.25, 0.3) is 5.91 Å². The molecular weight excluding hydrogens is 362 g/mol. The molecule has 3 aromatic rings. The minimum Gasteiger partial charge on any atom is -0.366 e. The lowest BCUT2D eigenvalue weighted by Gasteiger charge is -2.22. The third-order valence-electron chi connectivity index (χ3n) is 4.94. The van der Waals surface area contributed by atoms with Gasteiger partial charge in [0.2, 0.25) is 0 Å². The van der Waals surface area contributed by atoms with E-state index < -0.39 is 0 Å². The van der Waals surface area contributed by atoms with Gasteiger partial charge in [0.1, 0.15) is 11.4 Å². The zero-order chi connectivity index (χ0) is 18.6. The molecule has 2 heterocycles. The Morgan fingerprint density at radius 1 is 1.15 bits per heavy atom.